The molecule has 1 aliphatic rings. The molecule has 0 radical (unpaired) electrons. The van der Waals surface area contributed by atoms with Crippen LogP contribution in [0.5, 0.6) is 0 Å². The van der Waals surface area contributed by atoms with Gasteiger partial charge in [-0.25, -0.2) is 16.8 Å². The Hall–Kier alpha value is -1.81. The highest BCUT2D eigenvalue weighted by molar-refractivity contribution is 7.92. The van der Waals surface area contributed by atoms with E-state index < -0.39 is 31.8 Å². The predicted octanol–water partition coefficient (Wildman–Crippen LogP) is 2.71. The number of sulfonamides is 1. The molecule has 2 aromatic carbocycles. The average Bonchev–Trinajstić information content (AvgIpc) is 2.96. The van der Waals surface area contributed by atoms with E-state index in [2.05, 4.69) is 10.0 Å². The third-order valence-electron chi connectivity index (χ3n) is 4.17. The Kier molecular flexibility index (Phi) is 5.90. The second-order valence-corrected chi connectivity index (χ2v) is 11.1. The van der Waals surface area contributed by atoms with Crippen LogP contribution in [-0.2, 0) is 19.9 Å². The summed E-state index contributed by atoms with van der Waals surface area (Å²) in [6.07, 6.45) is 0.385. The number of carbonyl (C=O) groups is 1. The summed E-state index contributed by atoms with van der Waals surface area (Å²) in [5, 5.41) is 3.03. The minimum absolute atomic E-state index is 0.0498. The van der Waals surface area contributed by atoms with Gasteiger partial charge in [0.25, 0.3) is 15.9 Å². The number of carbonyl (C=O) groups excluding carboxylic acids is 1. The highest BCUT2D eigenvalue weighted by Crippen LogP contribution is 2.26. The summed E-state index contributed by atoms with van der Waals surface area (Å²) in [6.45, 7) is 0. The maximum atomic E-state index is 12.4. The van der Waals surface area contributed by atoms with E-state index in [9.17, 15) is 21.6 Å². The first-order valence-corrected chi connectivity index (χ1v) is 12.2. The van der Waals surface area contributed by atoms with Crippen LogP contribution < -0.4 is 10.0 Å². The van der Waals surface area contributed by atoms with Crippen molar-refractivity contribution in [3.05, 3.63) is 58.1 Å². The van der Waals surface area contributed by atoms with Crippen molar-refractivity contribution in [1.82, 2.24) is 5.32 Å². The lowest BCUT2D eigenvalue weighted by Gasteiger charge is -2.12. The average molecular weight is 463 g/mol. The highest BCUT2D eigenvalue weighted by atomic mass is 35.5. The molecule has 0 spiro atoms. The normalized spacial score (nSPS) is 18.6. The Morgan fingerprint density at radius 2 is 1.71 bits per heavy atom. The molecular formula is C17H16Cl2N2O5S2. The number of rotatable bonds is 5. The summed E-state index contributed by atoms with van der Waals surface area (Å²) in [5.41, 5.74) is 0.549. The number of sulfone groups is 1. The lowest BCUT2D eigenvalue weighted by atomic mass is 10.1. The first-order chi connectivity index (χ1) is 13.1. The molecule has 3 rings (SSSR count). The van der Waals surface area contributed by atoms with Crippen LogP contribution in [0.2, 0.25) is 10.0 Å². The van der Waals surface area contributed by atoms with Crippen molar-refractivity contribution < 1.29 is 21.6 Å². The molecule has 1 amide bonds. The molecule has 0 saturated carbocycles. The SMILES string of the molecule is O=C(N[C@@H]1CCS(=O)(=O)C1)c1ccc(NS(=O)(=O)c2ccc(Cl)c(Cl)c2)cc1. The summed E-state index contributed by atoms with van der Waals surface area (Å²) in [7, 11) is -6.97. The zero-order valence-corrected chi connectivity index (χ0v) is 17.5. The van der Waals surface area contributed by atoms with Gasteiger partial charge >= 0.3 is 0 Å². The third-order valence-corrected chi connectivity index (χ3v) is 8.05. The van der Waals surface area contributed by atoms with Crippen LogP contribution in [-0.4, -0.2) is 40.3 Å². The summed E-state index contributed by atoms with van der Waals surface area (Å²) >= 11 is 11.7. The van der Waals surface area contributed by atoms with Gasteiger partial charge in [-0.15, -0.1) is 0 Å². The topological polar surface area (TPSA) is 109 Å². The van der Waals surface area contributed by atoms with Gasteiger partial charge in [0, 0.05) is 17.3 Å². The fraction of sp³-hybridized carbons (Fsp3) is 0.235. The molecule has 1 heterocycles. The number of halogens is 2. The highest BCUT2D eigenvalue weighted by Gasteiger charge is 2.29. The van der Waals surface area contributed by atoms with Crippen molar-refractivity contribution >= 4 is 54.7 Å². The van der Waals surface area contributed by atoms with Gasteiger partial charge in [0.1, 0.15) is 0 Å². The Labute approximate surface area is 173 Å². The van der Waals surface area contributed by atoms with Crippen LogP contribution in [0.3, 0.4) is 0 Å². The molecule has 2 N–H and O–H groups in total. The van der Waals surface area contributed by atoms with Crippen LogP contribution in [0.4, 0.5) is 5.69 Å². The minimum Gasteiger partial charge on any atom is -0.348 e. The molecule has 11 heteroatoms. The van der Waals surface area contributed by atoms with E-state index >= 15 is 0 Å². The molecule has 7 nitrogen and oxygen atoms in total. The van der Waals surface area contributed by atoms with Crippen molar-refractivity contribution in [3.8, 4) is 0 Å². The zero-order chi connectivity index (χ0) is 20.5. The van der Waals surface area contributed by atoms with E-state index in [1.807, 2.05) is 0 Å². The quantitative estimate of drug-likeness (QED) is 0.709. The molecule has 0 aromatic heterocycles. The number of benzene rings is 2. The van der Waals surface area contributed by atoms with E-state index in [-0.39, 0.29) is 32.1 Å². The van der Waals surface area contributed by atoms with E-state index in [0.29, 0.717) is 12.0 Å². The molecule has 1 saturated heterocycles. The van der Waals surface area contributed by atoms with Crippen LogP contribution in [0.25, 0.3) is 0 Å². The Balaban J connectivity index is 1.68. The molecule has 0 unspecified atom stereocenters. The van der Waals surface area contributed by atoms with E-state index in [1.165, 1.54) is 42.5 Å². The van der Waals surface area contributed by atoms with Gasteiger partial charge in [-0.2, -0.15) is 0 Å². The van der Waals surface area contributed by atoms with Gasteiger partial charge < -0.3 is 5.32 Å². The number of anilines is 1. The van der Waals surface area contributed by atoms with Gasteiger partial charge in [-0.1, -0.05) is 23.2 Å². The lowest BCUT2D eigenvalue weighted by Crippen LogP contribution is -2.35. The molecule has 28 heavy (non-hydrogen) atoms. The second kappa shape index (κ2) is 7.90. The largest absolute Gasteiger partial charge is 0.348 e. The molecule has 150 valence electrons. The Bertz CT molecular complexity index is 1120. The van der Waals surface area contributed by atoms with Crippen LogP contribution in [0.15, 0.2) is 47.4 Å². The molecule has 0 aliphatic carbocycles. The van der Waals surface area contributed by atoms with Crippen molar-refractivity contribution in [2.75, 3.05) is 16.2 Å². The molecular weight excluding hydrogens is 447 g/mol. The fourth-order valence-corrected chi connectivity index (χ4v) is 5.85. The molecule has 0 bridgehead atoms. The third kappa shape index (κ3) is 4.96. The Morgan fingerprint density at radius 3 is 2.29 bits per heavy atom. The smallest absolute Gasteiger partial charge is 0.261 e. The summed E-state index contributed by atoms with van der Waals surface area (Å²) in [5.74, 6) is -0.422. The molecule has 1 fully saturated rings. The van der Waals surface area contributed by atoms with Gasteiger partial charge in [0.2, 0.25) is 0 Å². The van der Waals surface area contributed by atoms with Gasteiger partial charge in [0.15, 0.2) is 9.84 Å². The van der Waals surface area contributed by atoms with E-state index in [0.717, 1.165) is 0 Å². The van der Waals surface area contributed by atoms with Crippen molar-refractivity contribution in [2.45, 2.75) is 17.4 Å². The van der Waals surface area contributed by atoms with Gasteiger partial charge in [0.05, 0.1) is 26.4 Å². The second-order valence-electron chi connectivity index (χ2n) is 6.33. The van der Waals surface area contributed by atoms with Crippen LogP contribution in [0.1, 0.15) is 16.8 Å². The monoisotopic (exact) mass is 462 g/mol. The number of hydrogen-bond acceptors (Lipinski definition) is 5. The van der Waals surface area contributed by atoms with Crippen LogP contribution in [0, 0.1) is 0 Å². The minimum atomic E-state index is -3.88. The summed E-state index contributed by atoms with van der Waals surface area (Å²) in [4.78, 5) is 12.2. The fourth-order valence-electron chi connectivity index (χ4n) is 2.73. The van der Waals surface area contributed by atoms with Crippen molar-refractivity contribution in [1.29, 1.82) is 0 Å². The predicted molar refractivity (Wildman–Crippen MR) is 108 cm³/mol. The van der Waals surface area contributed by atoms with Gasteiger partial charge in [-0.05, 0) is 48.9 Å². The molecule has 1 aliphatic heterocycles. The standard InChI is InChI=1S/C17H16Cl2N2O5S2/c18-15-6-5-14(9-16(15)19)28(25,26)21-12-3-1-11(2-4-12)17(22)20-13-7-8-27(23,24)10-13/h1-6,9,13,21H,7-8,10H2,(H,20,22)/t13-/m1/s1. The first kappa shape index (κ1) is 20.9. The summed E-state index contributed by atoms with van der Waals surface area (Å²) in [6, 6.07) is 9.32. The first-order valence-electron chi connectivity index (χ1n) is 8.15. The van der Waals surface area contributed by atoms with E-state index in [4.69, 9.17) is 23.2 Å². The van der Waals surface area contributed by atoms with Gasteiger partial charge in [-0.3, -0.25) is 9.52 Å². The molecule has 1 atom stereocenters. The number of amides is 1. The zero-order valence-electron chi connectivity index (χ0n) is 14.4. The van der Waals surface area contributed by atoms with Crippen molar-refractivity contribution in [2.24, 2.45) is 0 Å². The molecule has 2 aromatic rings. The van der Waals surface area contributed by atoms with Crippen LogP contribution >= 0.6 is 23.2 Å². The maximum Gasteiger partial charge on any atom is 0.261 e. The maximum absolute atomic E-state index is 12.4. The Morgan fingerprint density at radius 1 is 1.04 bits per heavy atom. The van der Waals surface area contributed by atoms with Crippen molar-refractivity contribution in [3.63, 3.8) is 0 Å². The van der Waals surface area contributed by atoms with E-state index in [1.54, 1.807) is 0 Å². The lowest BCUT2D eigenvalue weighted by molar-refractivity contribution is 0.0941. The summed E-state index contributed by atoms with van der Waals surface area (Å²) < 4.78 is 50.2. The number of hydrogen-bond donors (Lipinski definition) is 2. The number of nitrogens with one attached hydrogen (secondary N) is 2.